The fourth-order valence-electron chi connectivity index (χ4n) is 2.09. The van der Waals surface area contributed by atoms with Gasteiger partial charge in [0.2, 0.25) is 0 Å². The first kappa shape index (κ1) is 14.5. The summed E-state index contributed by atoms with van der Waals surface area (Å²) in [6.45, 7) is 7.35. The zero-order valence-corrected chi connectivity index (χ0v) is 11.5. The van der Waals surface area contributed by atoms with Gasteiger partial charge < -0.3 is 5.32 Å². The first-order valence-corrected chi connectivity index (χ1v) is 6.63. The molecular weight excluding hydrogens is 237 g/mol. The molecule has 17 heavy (non-hydrogen) atoms. The van der Waals surface area contributed by atoms with Crippen molar-refractivity contribution in [3.8, 4) is 0 Å². The van der Waals surface area contributed by atoms with Crippen LogP contribution in [0, 0.1) is 11.7 Å². The Bertz CT molecular complexity index is 350. The van der Waals surface area contributed by atoms with E-state index in [4.69, 9.17) is 11.6 Å². The third-order valence-corrected chi connectivity index (χ3v) is 3.66. The van der Waals surface area contributed by atoms with Crippen LogP contribution < -0.4 is 5.32 Å². The van der Waals surface area contributed by atoms with Crippen LogP contribution in [-0.2, 0) is 6.54 Å². The van der Waals surface area contributed by atoms with Gasteiger partial charge in [-0.25, -0.2) is 4.39 Å². The molecule has 0 fully saturated rings. The molecule has 3 heteroatoms. The number of hydrogen-bond acceptors (Lipinski definition) is 1. The van der Waals surface area contributed by atoms with E-state index < -0.39 is 0 Å². The summed E-state index contributed by atoms with van der Waals surface area (Å²) in [7, 11) is 0. The highest BCUT2D eigenvalue weighted by Gasteiger charge is 2.12. The van der Waals surface area contributed by atoms with Crippen molar-refractivity contribution in [3.05, 3.63) is 34.6 Å². The van der Waals surface area contributed by atoms with E-state index in [0.29, 0.717) is 12.0 Å². The summed E-state index contributed by atoms with van der Waals surface area (Å²) < 4.78 is 13.0. The fourth-order valence-corrected chi connectivity index (χ4v) is 2.29. The molecule has 1 aromatic rings. The van der Waals surface area contributed by atoms with Crippen LogP contribution in [0.2, 0.25) is 5.02 Å². The maximum absolute atomic E-state index is 13.0. The van der Waals surface area contributed by atoms with Gasteiger partial charge in [-0.05, 0) is 30.5 Å². The Labute approximate surface area is 108 Å². The van der Waals surface area contributed by atoms with Gasteiger partial charge in [0.05, 0.1) is 5.02 Å². The summed E-state index contributed by atoms with van der Waals surface area (Å²) in [6.07, 6.45) is 2.35. The SMILES string of the molecule is CCC(CC)C(C)NCc1ccc(F)c(Cl)c1. The molecule has 0 aliphatic carbocycles. The van der Waals surface area contributed by atoms with Crippen LogP contribution in [0.3, 0.4) is 0 Å². The standard InChI is InChI=1S/C14H21ClFN/c1-4-12(5-2)10(3)17-9-11-6-7-14(16)13(15)8-11/h6-8,10,12,17H,4-5,9H2,1-3H3. The van der Waals surface area contributed by atoms with Crippen molar-refractivity contribution in [3.63, 3.8) is 0 Å². The average molecular weight is 258 g/mol. The number of halogens is 2. The molecule has 0 radical (unpaired) electrons. The van der Waals surface area contributed by atoms with Crippen molar-refractivity contribution < 1.29 is 4.39 Å². The minimum atomic E-state index is -0.358. The summed E-state index contributed by atoms with van der Waals surface area (Å²) in [5.74, 6) is 0.328. The molecule has 0 aliphatic rings. The van der Waals surface area contributed by atoms with Crippen molar-refractivity contribution in [2.24, 2.45) is 5.92 Å². The van der Waals surface area contributed by atoms with Crippen molar-refractivity contribution >= 4 is 11.6 Å². The van der Waals surface area contributed by atoms with Gasteiger partial charge in [-0.15, -0.1) is 0 Å². The fraction of sp³-hybridized carbons (Fsp3) is 0.571. The van der Waals surface area contributed by atoms with E-state index in [2.05, 4.69) is 26.1 Å². The molecule has 1 unspecified atom stereocenters. The van der Waals surface area contributed by atoms with Gasteiger partial charge in [0.1, 0.15) is 5.82 Å². The lowest BCUT2D eigenvalue weighted by molar-refractivity contribution is 0.353. The quantitative estimate of drug-likeness (QED) is 0.797. The summed E-state index contributed by atoms with van der Waals surface area (Å²) in [5.41, 5.74) is 1.02. The Morgan fingerprint density at radius 2 is 1.94 bits per heavy atom. The maximum Gasteiger partial charge on any atom is 0.141 e. The Hall–Kier alpha value is -0.600. The molecule has 1 aromatic carbocycles. The number of nitrogens with one attached hydrogen (secondary N) is 1. The monoisotopic (exact) mass is 257 g/mol. The second kappa shape index (κ2) is 6.97. The highest BCUT2D eigenvalue weighted by molar-refractivity contribution is 6.30. The molecule has 1 atom stereocenters. The summed E-state index contributed by atoms with van der Waals surface area (Å²) in [6, 6.07) is 5.34. The highest BCUT2D eigenvalue weighted by atomic mass is 35.5. The van der Waals surface area contributed by atoms with Crippen molar-refractivity contribution in [1.29, 1.82) is 0 Å². The Balaban J connectivity index is 2.52. The second-order valence-corrected chi connectivity index (χ2v) is 4.90. The van der Waals surface area contributed by atoms with Gasteiger partial charge in [-0.2, -0.15) is 0 Å². The van der Waals surface area contributed by atoms with Crippen LogP contribution in [0.5, 0.6) is 0 Å². The van der Waals surface area contributed by atoms with Gasteiger partial charge in [0, 0.05) is 12.6 Å². The Kier molecular flexibility index (Phi) is 5.93. The molecule has 0 saturated carbocycles. The van der Waals surface area contributed by atoms with E-state index in [9.17, 15) is 4.39 Å². The largest absolute Gasteiger partial charge is 0.310 e. The van der Waals surface area contributed by atoms with Gasteiger partial charge >= 0.3 is 0 Å². The predicted molar refractivity (Wildman–Crippen MR) is 71.8 cm³/mol. The lowest BCUT2D eigenvalue weighted by Gasteiger charge is -2.22. The minimum Gasteiger partial charge on any atom is -0.310 e. The zero-order chi connectivity index (χ0) is 12.8. The normalized spacial score (nSPS) is 13.1. The maximum atomic E-state index is 13.0. The molecule has 0 aromatic heterocycles. The molecular formula is C14H21ClFN. The minimum absolute atomic E-state index is 0.194. The number of rotatable bonds is 6. The summed E-state index contributed by atoms with van der Waals surface area (Å²) in [4.78, 5) is 0. The lowest BCUT2D eigenvalue weighted by Crippen LogP contribution is -2.32. The van der Waals surface area contributed by atoms with Gasteiger partial charge in [-0.3, -0.25) is 0 Å². The molecule has 0 bridgehead atoms. The lowest BCUT2D eigenvalue weighted by atomic mass is 9.95. The van der Waals surface area contributed by atoms with E-state index in [1.165, 1.54) is 18.9 Å². The van der Waals surface area contributed by atoms with E-state index in [1.54, 1.807) is 12.1 Å². The zero-order valence-electron chi connectivity index (χ0n) is 10.8. The van der Waals surface area contributed by atoms with Crippen LogP contribution in [0.1, 0.15) is 39.2 Å². The van der Waals surface area contributed by atoms with Crippen LogP contribution in [-0.4, -0.2) is 6.04 Å². The van der Waals surface area contributed by atoms with E-state index in [1.807, 2.05) is 0 Å². The molecule has 1 nitrogen and oxygen atoms in total. The third-order valence-electron chi connectivity index (χ3n) is 3.37. The van der Waals surface area contributed by atoms with E-state index in [-0.39, 0.29) is 10.8 Å². The van der Waals surface area contributed by atoms with Crippen LogP contribution in [0.25, 0.3) is 0 Å². The molecule has 1 rings (SSSR count). The average Bonchev–Trinajstić information content (AvgIpc) is 2.32. The van der Waals surface area contributed by atoms with Crippen molar-refractivity contribution in [1.82, 2.24) is 5.32 Å². The van der Waals surface area contributed by atoms with Crippen LogP contribution >= 0.6 is 11.6 Å². The first-order chi connectivity index (χ1) is 8.08. The van der Waals surface area contributed by atoms with E-state index in [0.717, 1.165) is 12.1 Å². The van der Waals surface area contributed by atoms with Gasteiger partial charge in [-0.1, -0.05) is 44.4 Å². The predicted octanol–water partition coefficient (Wildman–Crippen LogP) is 4.39. The van der Waals surface area contributed by atoms with E-state index >= 15 is 0 Å². The number of benzene rings is 1. The second-order valence-electron chi connectivity index (χ2n) is 4.49. The summed E-state index contributed by atoms with van der Waals surface area (Å²) >= 11 is 5.74. The van der Waals surface area contributed by atoms with Crippen molar-refractivity contribution in [2.45, 2.75) is 46.2 Å². The molecule has 0 saturated heterocycles. The smallest absolute Gasteiger partial charge is 0.141 e. The third kappa shape index (κ3) is 4.29. The van der Waals surface area contributed by atoms with Crippen LogP contribution in [0.4, 0.5) is 4.39 Å². The van der Waals surface area contributed by atoms with Gasteiger partial charge in [0.15, 0.2) is 0 Å². The summed E-state index contributed by atoms with van der Waals surface area (Å²) in [5, 5.41) is 3.66. The first-order valence-electron chi connectivity index (χ1n) is 6.25. The van der Waals surface area contributed by atoms with Gasteiger partial charge in [0.25, 0.3) is 0 Å². The molecule has 1 N–H and O–H groups in total. The van der Waals surface area contributed by atoms with Crippen molar-refractivity contribution in [2.75, 3.05) is 0 Å². The number of hydrogen-bond donors (Lipinski definition) is 1. The Morgan fingerprint density at radius 1 is 1.29 bits per heavy atom. The molecule has 0 amide bonds. The topological polar surface area (TPSA) is 12.0 Å². The molecule has 0 heterocycles. The Morgan fingerprint density at radius 3 is 2.47 bits per heavy atom. The molecule has 0 aliphatic heterocycles. The van der Waals surface area contributed by atoms with Crippen LogP contribution in [0.15, 0.2) is 18.2 Å². The molecule has 96 valence electrons. The molecule has 0 spiro atoms. The highest BCUT2D eigenvalue weighted by Crippen LogP contribution is 2.17.